The van der Waals surface area contributed by atoms with Crippen molar-refractivity contribution in [2.24, 2.45) is 0 Å². The molecule has 0 aliphatic rings. The number of hydrogen-bond acceptors (Lipinski definition) is 6. The molecule has 0 saturated heterocycles. The van der Waals surface area contributed by atoms with E-state index in [9.17, 15) is 14.9 Å². The first-order valence-electron chi connectivity index (χ1n) is 7.99. The third-order valence-corrected chi connectivity index (χ3v) is 4.88. The molecule has 0 aliphatic carbocycles. The van der Waals surface area contributed by atoms with Crippen LogP contribution in [-0.2, 0) is 13.0 Å². The van der Waals surface area contributed by atoms with Gasteiger partial charge < -0.3 is 4.57 Å². The predicted molar refractivity (Wildman–Crippen MR) is 97.6 cm³/mol. The van der Waals surface area contributed by atoms with E-state index in [0.717, 1.165) is 11.4 Å². The van der Waals surface area contributed by atoms with Gasteiger partial charge in [0.05, 0.1) is 9.82 Å². The summed E-state index contributed by atoms with van der Waals surface area (Å²) >= 11 is 1.18. The second kappa shape index (κ2) is 7.92. The maximum Gasteiger partial charge on any atom is 0.284 e. The Kier molecular flexibility index (Phi) is 5.43. The minimum atomic E-state index is -0.493. The van der Waals surface area contributed by atoms with E-state index < -0.39 is 4.92 Å². The van der Waals surface area contributed by atoms with E-state index in [1.165, 1.54) is 17.8 Å². The third kappa shape index (κ3) is 3.80. The first kappa shape index (κ1) is 17.8. The Hall–Kier alpha value is -3.00. The zero-order valence-electron chi connectivity index (χ0n) is 14.0. The molecule has 1 heterocycles. The van der Waals surface area contributed by atoms with E-state index in [1.807, 2.05) is 41.8 Å². The van der Waals surface area contributed by atoms with Crippen LogP contribution in [0, 0.1) is 10.1 Å². The highest BCUT2D eigenvalue weighted by atomic mass is 32.2. The van der Waals surface area contributed by atoms with Gasteiger partial charge in [-0.2, -0.15) is 0 Å². The Morgan fingerprint density at radius 2 is 1.96 bits per heavy atom. The molecule has 8 heteroatoms. The average molecular weight is 368 g/mol. The number of nitrogens with zero attached hydrogens (tertiary/aromatic N) is 4. The molecule has 0 fully saturated rings. The fourth-order valence-corrected chi connectivity index (χ4v) is 3.55. The zero-order valence-corrected chi connectivity index (χ0v) is 14.8. The first-order valence-corrected chi connectivity index (χ1v) is 8.81. The molecule has 7 nitrogen and oxygen atoms in total. The highest BCUT2D eigenvalue weighted by molar-refractivity contribution is 7.99. The number of nitro groups is 1. The number of nitro benzene ring substituents is 1. The number of carbonyl (C=O) groups is 1. The molecule has 0 spiro atoms. The molecule has 2 aromatic carbocycles. The highest BCUT2D eigenvalue weighted by Gasteiger charge is 2.19. The summed E-state index contributed by atoms with van der Waals surface area (Å²) in [4.78, 5) is 22.1. The van der Waals surface area contributed by atoms with Crippen LogP contribution >= 0.6 is 11.8 Å². The highest BCUT2D eigenvalue weighted by Crippen LogP contribution is 2.34. The molecule has 0 amide bonds. The SMILES string of the molecule is CCn1c(Cc2ccccc2)nnc1Sc1ccc(C=O)cc1[N+](=O)[O-]. The maximum atomic E-state index is 11.3. The topological polar surface area (TPSA) is 90.9 Å². The lowest BCUT2D eigenvalue weighted by atomic mass is 10.1. The first-order chi connectivity index (χ1) is 12.6. The molecule has 0 bridgehead atoms. The summed E-state index contributed by atoms with van der Waals surface area (Å²) in [5.74, 6) is 0.799. The van der Waals surface area contributed by atoms with Crippen LogP contribution in [-0.4, -0.2) is 26.0 Å². The van der Waals surface area contributed by atoms with Crippen LogP contribution in [0.25, 0.3) is 0 Å². The van der Waals surface area contributed by atoms with Crippen molar-refractivity contribution < 1.29 is 9.72 Å². The van der Waals surface area contributed by atoms with Crippen molar-refractivity contribution in [3.05, 3.63) is 75.6 Å². The molecular formula is C18H16N4O3S. The van der Waals surface area contributed by atoms with Gasteiger partial charge >= 0.3 is 0 Å². The largest absolute Gasteiger partial charge is 0.306 e. The predicted octanol–water partition coefficient (Wildman–Crippen LogP) is 3.76. The average Bonchev–Trinajstić information content (AvgIpc) is 3.03. The molecule has 3 aromatic rings. The van der Waals surface area contributed by atoms with Gasteiger partial charge in [0.1, 0.15) is 12.1 Å². The van der Waals surface area contributed by atoms with Gasteiger partial charge in [-0.3, -0.25) is 14.9 Å². The lowest BCUT2D eigenvalue weighted by Crippen LogP contribution is -2.04. The second-order valence-corrected chi connectivity index (χ2v) is 6.52. The number of carbonyl (C=O) groups excluding carboxylic acids is 1. The molecule has 0 aliphatic heterocycles. The van der Waals surface area contributed by atoms with Crippen LogP contribution in [0.4, 0.5) is 5.69 Å². The number of rotatable bonds is 7. The van der Waals surface area contributed by atoms with Gasteiger partial charge in [-0.05, 0) is 30.3 Å². The van der Waals surface area contributed by atoms with Gasteiger partial charge in [0.15, 0.2) is 5.16 Å². The van der Waals surface area contributed by atoms with E-state index in [-0.39, 0.29) is 11.3 Å². The van der Waals surface area contributed by atoms with E-state index in [0.29, 0.717) is 29.3 Å². The second-order valence-electron chi connectivity index (χ2n) is 5.51. The Morgan fingerprint density at radius 3 is 2.62 bits per heavy atom. The normalized spacial score (nSPS) is 10.7. The van der Waals surface area contributed by atoms with Crippen LogP contribution in [0.15, 0.2) is 58.6 Å². The number of hydrogen-bond donors (Lipinski definition) is 0. The van der Waals surface area contributed by atoms with E-state index >= 15 is 0 Å². The summed E-state index contributed by atoms with van der Waals surface area (Å²) in [6.07, 6.45) is 1.22. The molecule has 132 valence electrons. The lowest BCUT2D eigenvalue weighted by molar-refractivity contribution is -0.387. The summed E-state index contributed by atoms with van der Waals surface area (Å²) in [6.45, 7) is 2.63. The molecule has 1 aromatic heterocycles. The summed E-state index contributed by atoms with van der Waals surface area (Å²) in [7, 11) is 0. The van der Waals surface area contributed by atoms with Gasteiger partial charge in [-0.1, -0.05) is 36.4 Å². The smallest absolute Gasteiger partial charge is 0.284 e. The summed E-state index contributed by atoms with van der Waals surface area (Å²) in [5, 5.41) is 20.4. The quantitative estimate of drug-likeness (QED) is 0.358. The number of benzene rings is 2. The summed E-state index contributed by atoms with van der Waals surface area (Å²) in [5.41, 5.74) is 1.27. The summed E-state index contributed by atoms with van der Waals surface area (Å²) in [6, 6.07) is 14.3. The van der Waals surface area contributed by atoms with Crippen LogP contribution < -0.4 is 0 Å². The van der Waals surface area contributed by atoms with E-state index in [1.54, 1.807) is 12.1 Å². The monoisotopic (exact) mass is 368 g/mol. The van der Waals surface area contributed by atoms with Gasteiger partial charge in [0, 0.05) is 24.6 Å². The molecule has 3 rings (SSSR count). The third-order valence-electron chi connectivity index (χ3n) is 3.83. The van der Waals surface area contributed by atoms with Gasteiger partial charge in [-0.15, -0.1) is 10.2 Å². The minimum absolute atomic E-state index is 0.116. The fourth-order valence-electron chi connectivity index (χ4n) is 2.56. The molecule has 0 unspecified atom stereocenters. The maximum absolute atomic E-state index is 11.3. The van der Waals surface area contributed by atoms with Crippen molar-refractivity contribution in [1.29, 1.82) is 0 Å². The van der Waals surface area contributed by atoms with Gasteiger partial charge in [-0.25, -0.2) is 0 Å². The van der Waals surface area contributed by atoms with E-state index in [4.69, 9.17) is 0 Å². The van der Waals surface area contributed by atoms with Crippen molar-refractivity contribution in [3.8, 4) is 0 Å². The van der Waals surface area contributed by atoms with Crippen molar-refractivity contribution in [2.45, 2.75) is 29.9 Å². The van der Waals surface area contributed by atoms with Crippen LogP contribution in [0.5, 0.6) is 0 Å². The Morgan fingerprint density at radius 1 is 1.19 bits per heavy atom. The number of aldehydes is 1. The van der Waals surface area contributed by atoms with Crippen LogP contribution in [0.3, 0.4) is 0 Å². The van der Waals surface area contributed by atoms with Crippen molar-refractivity contribution in [2.75, 3.05) is 0 Å². The Balaban J connectivity index is 1.91. The Labute approximate surface area is 154 Å². The molecule has 0 N–H and O–H groups in total. The minimum Gasteiger partial charge on any atom is -0.306 e. The standard InChI is InChI=1S/C18H16N4O3S/c1-2-21-17(11-13-6-4-3-5-7-13)19-20-18(21)26-16-9-8-14(12-23)10-15(16)22(24)25/h3-10,12H,2,11H2,1H3. The van der Waals surface area contributed by atoms with Gasteiger partial charge in [0.2, 0.25) is 0 Å². The van der Waals surface area contributed by atoms with Crippen molar-refractivity contribution in [1.82, 2.24) is 14.8 Å². The molecule has 26 heavy (non-hydrogen) atoms. The van der Waals surface area contributed by atoms with Gasteiger partial charge in [0.25, 0.3) is 5.69 Å². The molecule has 0 atom stereocenters. The molecule has 0 saturated carbocycles. The van der Waals surface area contributed by atoms with Crippen molar-refractivity contribution >= 4 is 23.7 Å². The van der Waals surface area contributed by atoms with Crippen LogP contribution in [0.1, 0.15) is 28.7 Å². The lowest BCUT2D eigenvalue weighted by Gasteiger charge is -2.08. The Bertz CT molecular complexity index is 941. The van der Waals surface area contributed by atoms with Crippen LogP contribution in [0.2, 0.25) is 0 Å². The molecular weight excluding hydrogens is 352 g/mol. The number of aromatic nitrogens is 3. The zero-order chi connectivity index (χ0) is 18.5. The molecule has 0 radical (unpaired) electrons. The fraction of sp³-hybridized carbons (Fsp3) is 0.167. The summed E-state index contributed by atoms with van der Waals surface area (Å²) < 4.78 is 1.94. The van der Waals surface area contributed by atoms with E-state index in [2.05, 4.69) is 10.2 Å². The van der Waals surface area contributed by atoms with Crippen molar-refractivity contribution in [3.63, 3.8) is 0 Å².